The molecule has 4 rings (SSSR count). The summed E-state index contributed by atoms with van der Waals surface area (Å²) in [7, 11) is -2.61. The van der Waals surface area contributed by atoms with Crippen molar-refractivity contribution in [1.82, 2.24) is 3.97 Å². The molecule has 33 heavy (non-hydrogen) atoms. The molecule has 0 radical (unpaired) electrons. The summed E-state index contributed by atoms with van der Waals surface area (Å²) in [6.07, 6.45) is 0.625. The first-order valence-corrected chi connectivity index (χ1v) is 12.8. The molecule has 0 aliphatic carbocycles. The van der Waals surface area contributed by atoms with Gasteiger partial charge in [-0.3, -0.25) is 4.79 Å². The topological polar surface area (TPSA) is 74.6 Å². The molecule has 8 heteroatoms. The van der Waals surface area contributed by atoms with Gasteiger partial charge in [-0.05, 0) is 61.6 Å². The molecular weight excluding hydrogens is 553 g/mol. The van der Waals surface area contributed by atoms with Gasteiger partial charge in [0.2, 0.25) is 0 Å². The molecule has 1 unspecified atom stereocenters. The number of rotatable bonds is 5. The Morgan fingerprint density at radius 2 is 1.70 bits per heavy atom. The van der Waals surface area contributed by atoms with Crippen molar-refractivity contribution in [2.75, 3.05) is 7.11 Å². The zero-order valence-corrected chi connectivity index (χ0v) is 21.7. The van der Waals surface area contributed by atoms with Crippen LogP contribution < -0.4 is 0 Å². The number of aryl methyl sites for hydroxylation is 1. The lowest BCUT2D eigenvalue weighted by atomic mass is 9.82. The Kier molecular flexibility index (Phi) is 6.17. The molecule has 0 spiro atoms. The normalized spacial score (nSPS) is 16.2. The minimum atomic E-state index is -3.93. The Balaban J connectivity index is 1.97. The fourth-order valence-corrected chi connectivity index (χ4v) is 6.17. The molecule has 1 aliphatic heterocycles. The largest absolute Gasteiger partial charge is 0.481 e. The summed E-state index contributed by atoms with van der Waals surface area (Å²) in [4.78, 5) is 12.9. The Bertz CT molecular complexity index is 1340. The highest BCUT2D eigenvalue weighted by atomic mass is 127. The van der Waals surface area contributed by atoms with Gasteiger partial charge >= 0.3 is 5.97 Å². The third-order valence-electron chi connectivity index (χ3n) is 5.79. The van der Waals surface area contributed by atoms with E-state index >= 15 is 0 Å². The summed E-state index contributed by atoms with van der Waals surface area (Å²) in [5.41, 5.74) is 1.74. The average molecular weight is 577 g/mol. The highest BCUT2D eigenvalue weighted by molar-refractivity contribution is 14.1. The summed E-state index contributed by atoms with van der Waals surface area (Å²) in [6, 6.07) is 18.0. The number of aromatic nitrogens is 1. The van der Waals surface area contributed by atoms with E-state index in [1.807, 2.05) is 37.3 Å². The van der Waals surface area contributed by atoms with Crippen LogP contribution in [0.4, 0.5) is 0 Å². The zero-order chi connectivity index (χ0) is 24.0. The van der Waals surface area contributed by atoms with E-state index in [1.165, 1.54) is 17.3 Å². The van der Waals surface area contributed by atoms with Gasteiger partial charge < -0.3 is 9.47 Å². The molecule has 6 nitrogen and oxygen atoms in total. The quantitative estimate of drug-likeness (QED) is 0.293. The third kappa shape index (κ3) is 3.99. The monoisotopic (exact) mass is 577 g/mol. The third-order valence-corrected chi connectivity index (χ3v) is 8.57. The number of carbonyl (C=O) groups excluding carboxylic acids is 1. The van der Waals surface area contributed by atoms with E-state index in [-0.39, 0.29) is 4.90 Å². The van der Waals surface area contributed by atoms with Gasteiger partial charge in [0.25, 0.3) is 10.0 Å². The number of carbonyl (C=O) groups is 1. The second-order valence-corrected chi connectivity index (χ2v) is 11.3. The van der Waals surface area contributed by atoms with Crippen molar-refractivity contribution in [2.45, 2.75) is 31.8 Å². The van der Waals surface area contributed by atoms with Gasteiger partial charge in [0.15, 0.2) is 6.10 Å². The standard InChI is InChI=1S/C25H24INO5S/c1-16-10-12-18(13-11-16)33(29,30)27-15-14-19-20(26)22(17-8-6-5-7-9-17)32-23(21(19)27)25(2,3)24(28)31-4/h5-15,23H,1-4H3. The number of methoxy groups -OCH3 is 1. The predicted octanol–water partition coefficient (Wildman–Crippen LogP) is 5.56. The molecule has 3 aromatic rings. The fraction of sp³-hybridized carbons (Fsp3) is 0.240. The molecule has 0 fully saturated rings. The number of ether oxygens (including phenoxy) is 2. The molecule has 2 heterocycles. The minimum absolute atomic E-state index is 0.161. The van der Waals surface area contributed by atoms with Gasteiger partial charge in [0, 0.05) is 17.3 Å². The van der Waals surface area contributed by atoms with E-state index < -0.39 is 27.5 Å². The molecule has 1 atom stereocenters. The van der Waals surface area contributed by atoms with E-state index in [4.69, 9.17) is 9.47 Å². The van der Waals surface area contributed by atoms with Gasteiger partial charge in [-0.1, -0.05) is 48.0 Å². The Labute approximate surface area is 207 Å². The van der Waals surface area contributed by atoms with Crippen LogP contribution in [0.1, 0.15) is 42.3 Å². The van der Waals surface area contributed by atoms with Crippen molar-refractivity contribution >= 4 is 47.9 Å². The predicted molar refractivity (Wildman–Crippen MR) is 135 cm³/mol. The molecule has 172 valence electrons. The van der Waals surface area contributed by atoms with Crippen LogP contribution in [-0.4, -0.2) is 25.5 Å². The Hall–Kier alpha value is -2.59. The van der Waals surface area contributed by atoms with E-state index in [2.05, 4.69) is 22.6 Å². The van der Waals surface area contributed by atoms with Crippen LogP contribution in [0, 0.1) is 12.3 Å². The SMILES string of the molecule is COC(=O)C(C)(C)C1OC(c2ccccc2)=C(I)c2ccn(S(=O)(=O)c3ccc(C)cc3)c21. The molecule has 2 aromatic carbocycles. The van der Waals surface area contributed by atoms with E-state index in [0.29, 0.717) is 17.0 Å². The first-order chi connectivity index (χ1) is 15.6. The molecule has 1 aromatic heterocycles. The minimum Gasteiger partial charge on any atom is -0.481 e. The second-order valence-electron chi connectivity index (χ2n) is 8.45. The van der Waals surface area contributed by atoms with Gasteiger partial charge in [-0.25, -0.2) is 12.4 Å². The number of hydrogen-bond acceptors (Lipinski definition) is 5. The molecule has 0 bridgehead atoms. The molecule has 0 saturated carbocycles. The lowest BCUT2D eigenvalue weighted by Gasteiger charge is -2.37. The fourth-order valence-electron chi connectivity index (χ4n) is 3.89. The molecular formula is C25H24INO5S. The first-order valence-electron chi connectivity index (χ1n) is 10.3. The highest BCUT2D eigenvalue weighted by Gasteiger charge is 2.47. The molecule has 1 aliphatic rings. The van der Waals surface area contributed by atoms with Crippen LogP contribution in [0.5, 0.6) is 0 Å². The Morgan fingerprint density at radius 1 is 1.06 bits per heavy atom. The second kappa shape index (κ2) is 8.64. The van der Waals surface area contributed by atoms with Gasteiger partial charge in [0.05, 0.1) is 21.3 Å². The van der Waals surface area contributed by atoms with E-state index in [0.717, 1.165) is 14.7 Å². The molecule has 0 N–H and O–H groups in total. The van der Waals surface area contributed by atoms with Gasteiger partial charge in [0.1, 0.15) is 11.2 Å². The summed E-state index contributed by atoms with van der Waals surface area (Å²) >= 11 is 2.17. The number of nitrogens with zero attached hydrogens (tertiary/aromatic N) is 1. The lowest BCUT2D eigenvalue weighted by Crippen LogP contribution is -2.37. The first kappa shape index (κ1) is 23.6. The smallest absolute Gasteiger partial charge is 0.315 e. The maximum Gasteiger partial charge on any atom is 0.315 e. The zero-order valence-electron chi connectivity index (χ0n) is 18.7. The van der Waals surface area contributed by atoms with Crippen LogP contribution in [0.2, 0.25) is 0 Å². The number of esters is 1. The van der Waals surface area contributed by atoms with E-state index in [1.54, 1.807) is 44.2 Å². The van der Waals surface area contributed by atoms with Crippen LogP contribution in [0.3, 0.4) is 0 Å². The molecule has 0 amide bonds. The summed E-state index contributed by atoms with van der Waals surface area (Å²) in [5.74, 6) is 0.0967. The van der Waals surface area contributed by atoms with Crippen LogP contribution in [-0.2, 0) is 24.3 Å². The number of benzene rings is 2. The summed E-state index contributed by atoms with van der Waals surface area (Å²) < 4.78 is 40.7. The molecule has 0 saturated heterocycles. The number of hydrogen-bond donors (Lipinski definition) is 0. The van der Waals surface area contributed by atoms with Crippen molar-refractivity contribution in [3.63, 3.8) is 0 Å². The maximum atomic E-state index is 13.6. The maximum absolute atomic E-state index is 13.6. The van der Waals surface area contributed by atoms with Crippen molar-refractivity contribution in [1.29, 1.82) is 0 Å². The number of halogens is 1. The van der Waals surface area contributed by atoms with Crippen molar-refractivity contribution in [3.8, 4) is 0 Å². The van der Waals surface area contributed by atoms with Crippen molar-refractivity contribution in [3.05, 3.63) is 89.2 Å². The van der Waals surface area contributed by atoms with Gasteiger partial charge in [-0.15, -0.1) is 0 Å². The van der Waals surface area contributed by atoms with Crippen molar-refractivity contribution in [2.24, 2.45) is 5.41 Å². The Morgan fingerprint density at radius 3 is 2.30 bits per heavy atom. The van der Waals surface area contributed by atoms with Crippen LogP contribution in [0.15, 0.2) is 71.8 Å². The van der Waals surface area contributed by atoms with Crippen LogP contribution >= 0.6 is 22.6 Å². The average Bonchev–Trinajstić information content (AvgIpc) is 3.26. The van der Waals surface area contributed by atoms with Gasteiger partial charge in [-0.2, -0.15) is 0 Å². The van der Waals surface area contributed by atoms with Crippen LogP contribution in [0.25, 0.3) is 9.34 Å². The highest BCUT2D eigenvalue weighted by Crippen LogP contribution is 2.51. The summed E-state index contributed by atoms with van der Waals surface area (Å²) in [5, 5.41) is 0. The van der Waals surface area contributed by atoms with Crippen molar-refractivity contribution < 1.29 is 22.7 Å². The number of fused-ring (bicyclic) bond motifs is 1. The lowest BCUT2D eigenvalue weighted by molar-refractivity contribution is -0.157. The summed E-state index contributed by atoms with van der Waals surface area (Å²) in [6.45, 7) is 5.29. The van der Waals surface area contributed by atoms with E-state index in [9.17, 15) is 13.2 Å².